The Bertz CT molecular complexity index is 235. The largest absolute Gasteiger partial charge is 0.394 e. The van der Waals surface area contributed by atoms with E-state index in [0.717, 1.165) is 5.56 Å². The maximum absolute atomic E-state index is 12.1. The summed E-state index contributed by atoms with van der Waals surface area (Å²) in [5.74, 6) is 0. The fourth-order valence-corrected chi connectivity index (χ4v) is 0.959. The number of hydrogen-bond donors (Lipinski definition) is 2. The maximum atomic E-state index is 12.1. The van der Waals surface area contributed by atoms with Crippen LogP contribution in [0.15, 0.2) is 24.3 Å². The van der Waals surface area contributed by atoms with Crippen LogP contribution >= 0.6 is 0 Å². The topological polar surface area (TPSA) is 46.2 Å². The number of aliphatic hydroxyl groups excluding tert-OH is 1. The minimum absolute atomic E-state index is 0.0883. The molecule has 0 radical (unpaired) electrons. The fourth-order valence-electron chi connectivity index (χ4n) is 0.959. The quantitative estimate of drug-likeness (QED) is 0.713. The molecule has 66 valence electrons. The van der Waals surface area contributed by atoms with Crippen LogP contribution in [0.3, 0.4) is 0 Å². The summed E-state index contributed by atoms with van der Waals surface area (Å²) < 4.78 is 12.1. The van der Waals surface area contributed by atoms with E-state index in [2.05, 4.69) is 0 Å². The molecule has 1 unspecified atom stereocenters. The first-order valence-electron chi connectivity index (χ1n) is 3.79. The van der Waals surface area contributed by atoms with Crippen LogP contribution < -0.4 is 5.73 Å². The highest BCUT2D eigenvalue weighted by Gasteiger charge is 2.02. The van der Waals surface area contributed by atoms with Crippen LogP contribution in [0.4, 0.5) is 4.39 Å². The number of aliphatic hydroxyl groups is 1. The van der Waals surface area contributed by atoms with Gasteiger partial charge in [0, 0.05) is 0 Å². The summed E-state index contributed by atoms with van der Waals surface area (Å²) in [6, 6.07) is 6.44. The van der Waals surface area contributed by atoms with E-state index in [9.17, 15) is 4.39 Å². The van der Waals surface area contributed by atoms with Gasteiger partial charge in [-0.3, -0.25) is 0 Å². The van der Waals surface area contributed by atoms with Gasteiger partial charge in [0.05, 0.1) is 12.6 Å². The van der Waals surface area contributed by atoms with Crippen molar-refractivity contribution >= 4 is 0 Å². The molecule has 0 saturated carbocycles. The average molecular weight is 169 g/mol. The molecule has 0 spiro atoms. The number of alkyl halides is 1. The third-order valence-electron chi connectivity index (χ3n) is 1.76. The van der Waals surface area contributed by atoms with E-state index < -0.39 is 6.67 Å². The third-order valence-corrected chi connectivity index (χ3v) is 1.76. The Hall–Kier alpha value is -0.930. The molecule has 0 aliphatic heterocycles. The van der Waals surface area contributed by atoms with Gasteiger partial charge in [0.25, 0.3) is 0 Å². The minimum Gasteiger partial charge on any atom is -0.394 e. The zero-order chi connectivity index (χ0) is 8.97. The molecule has 1 aromatic carbocycles. The smallest absolute Gasteiger partial charge is 0.115 e. The van der Waals surface area contributed by atoms with Gasteiger partial charge in [0.15, 0.2) is 0 Å². The number of nitrogens with two attached hydrogens (primary N) is 1. The summed E-state index contributed by atoms with van der Waals surface area (Å²) in [4.78, 5) is 0. The first-order valence-corrected chi connectivity index (χ1v) is 3.79. The molecule has 3 N–H and O–H groups in total. The lowest BCUT2D eigenvalue weighted by molar-refractivity contribution is 0.268. The molecule has 2 nitrogen and oxygen atoms in total. The van der Waals surface area contributed by atoms with Crippen LogP contribution in [-0.2, 0) is 6.67 Å². The SMILES string of the molecule is NC(CO)c1ccc(CF)cc1. The predicted molar refractivity (Wildman–Crippen MR) is 45.3 cm³/mol. The second-order valence-electron chi connectivity index (χ2n) is 2.66. The molecule has 0 aliphatic carbocycles. The van der Waals surface area contributed by atoms with E-state index in [4.69, 9.17) is 10.8 Å². The van der Waals surface area contributed by atoms with Crippen LogP contribution in [0.1, 0.15) is 17.2 Å². The first-order chi connectivity index (χ1) is 5.77. The van der Waals surface area contributed by atoms with Gasteiger partial charge in [-0.25, -0.2) is 4.39 Å². The zero-order valence-electron chi connectivity index (χ0n) is 6.70. The summed E-state index contributed by atoms with van der Waals surface area (Å²) in [6.07, 6.45) is 0. The Morgan fingerprint density at radius 3 is 2.33 bits per heavy atom. The minimum atomic E-state index is -0.464. The van der Waals surface area contributed by atoms with Crippen molar-refractivity contribution in [2.24, 2.45) is 5.73 Å². The van der Waals surface area contributed by atoms with E-state index in [1.165, 1.54) is 0 Å². The fraction of sp³-hybridized carbons (Fsp3) is 0.333. The molecular formula is C9H12FNO. The predicted octanol–water partition coefficient (Wildman–Crippen LogP) is 1.15. The third kappa shape index (κ3) is 2.03. The lowest BCUT2D eigenvalue weighted by Gasteiger charge is -2.07. The Morgan fingerprint density at radius 1 is 1.33 bits per heavy atom. The standard InChI is InChI=1S/C9H12FNO/c10-5-7-1-3-8(4-2-7)9(11)6-12/h1-4,9,12H,5-6,11H2. The van der Waals surface area contributed by atoms with Crippen molar-refractivity contribution in [1.82, 2.24) is 0 Å². The van der Waals surface area contributed by atoms with E-state index in [-0.39, 0.29) is 12.6 Å². The molecule has 1 rings (SSSR count). The lowest BCUT2D eigenvalue weighted by atomic mass is 10.1. The van der Waals surface area contributed by atoms with Gasteiger partial charge in [-0.1, -0.05) is 24.3 Å². The number of halogens is 1. The van der Waals surface area contributed by atoms with E-state index >= 15 is 0 Å². The highest BCUT2D eigenvalue weighted by Crippen LogP contribution is 2.11. The number of hydrogen-bond acceptors (Lipinski definition) is 2. The van der Waals surface area contributed by atoms with Crippen LogP contribution in [-0.4, -0.2) is 11.7 Å². The number of rotatable bonds is 3. The van der Waals surface area contributed by atoms with Crippen molar-refractivity contribution in [3.8, 4) is 0 Å². The molecule has 3 heteroatoms. The van der Waals surface area contributed by atoms with Crippen LogP contribution in [0.5, 0.6) is 0 Å². The molecule has 0 aliphatic rings. The summed E-state index contributed by atoms with van der Waals surface area (Å²) in [6.45, 7) is -0.552. The Balaban J connectivity index is 2.77. The van der Waals surface area contributed by atoms with Gasteiger partial charge in [0.1, 0.15) is 6.67 Å². The van der Waals surface area contributed by atoms with Crippen molar-refractivity contribution < 1.29 is 9.50 Å². The summed E-state index contributed by atoms with van der Waals surface area (Å²) in [5, 5.41) is 8.72. The summed E-state index contributed by atoms with van der Waals surface area (Å²) in [7, 11) is 0. The Kier molecular flexibility index (Phi) is 3.19. The van der Waals surface area contributed by atoms with Crippen LogP contribution in [0.2, 0.25) is 0 Å². The Morgan fingerprint density at radius 2 is 1.92 bits per heavy atom. The first kappa shape index (κ1) is 9.16. The van der Waals surface area contributed by atoms with E-state index in [1.807, 2.05) is 0 Å². The van der Waals surface area contributed by atoms with Crippen molar-refractivity contribution in [1.29, 1.82) is 0 Å². The maximum Gasteiger partial charge on any atom is 0.115 e. The molecule has 1 atom stereocenters. The Labute approximate surface area is 70.8 Å². The molecular weight excluding hydrogens is 157 g/mol. The monoisotopic (exact) mass is 169 g/mol. The van der Waals surface area contributed by atoms with Gasteiger partial charge in [-0.15, -0.1) is 0 Å². The van der Waals surface area contributed by atoms with Crippen molar-refractivity contribution in [3.05, 3.63) is 35.4 Å². The van der Waals surface area contributed by atoms with Gasteiger partial charge in [-0.05, 0) is 11.1 Å². The van der Waals surface area contributed by atoms with Gasteiger partial charge >= 0.3 is 0 Å². The normalized spacial score (nSPS) is 12.9. The zero-order valence-corrected chi connectivity index (χ0v) is 6.70. The summed E-state index contributed by atoms with van der Waals surface area (Å²) >= 11 is 0. The van der Waals surface area contributed by atoms with Crippen LogP contribution in [0.25, 0.3) is 0 Å². The van der Waals surface area contributed by atoms with Crippen molar-refractivity contribution in [3.63, 3.8) is 0 Å². The second kappa shape index (κ2) is 4.18. The van der Waals surface area contributed by atoms with Gasteiger partial charge in [0.2, 0.25) is 0 Å². The molecule has 12 heavy (non-hydrogen) atoms. The molecule has 0 saturated heterocycles. The van der Waals surface area contributed by atoms with Crippen LogP contribution in [0, 0.1) is 0 Å². The molecule has 0 fully saturated rings. The van der Waals surface area contributed by atoms with Gasteiger partial charge < -0.3 is 10.8 Å². The second-order valence-corrected chi connectivity index (χ2v) is 2.66. The average Bonchev–Trinajstić information content (AvgIpc) is 2.17. The molecule has 1 aromatic rings. The number of benzene rings is 1. The molecule has 0 amide bonds. The van der Waals surface area contributed by atoms with Crippen molar-refractivity contribution in [2.75, 3.05) is 6.61 Å². The molecule has 0 aromatic heterocycles. The summed E-state index contributed by atoms with van der Waals surface area (Å²) in [5.41, 5.74) is 7.00. The lowest BCUT2D eigenvalue weighted by Crippen LogP contribution is -2.14. The highest BCUT2D eigenvalue weighted by atomic mass is 19.1. The molecule has 0 bridgehead atoms. The highest BCUT2D eigenvalue weighted by molar-refractivity contribution is 5.24. The molecule has 0 heterocycles. The van der Waals surface area contributed by atoms with Crippen molar-refractivity contribution in [2.45, 2.75) is 12.7 Å². The van der Waals surface area contributed by atoms with Gasteiger partial charge in [-0.2, -0.15) is 0 Å². The van der Waals surface area contributed by atoms with E-state index in [0.29, 0.717) is 5.56 Å². The van der Waals surface area contributed by atoms with E-state index in [1.54, 1.807) is 24.3 Å².